The van der Waals surface area contributed by atoms with E-state index in [-0.39, 0.29) is 5.91 Å². The molecule has 158 valence electrons. The second-order valence-corrected chi connectivity index (χ2v) is 8.20. The highest BCUT2D eigenvalue weighted by atomic mass is 32.2. The van der Waals surface area contributed by atoms with Gasteiger partial charge in [-0.2, -0.15) is 0 Å². The first-order chi connectivity index (χ1) is 14.6. The molecule has 1 N–H and O–H groups in total. The van der Waals surface area contributed by atoms with Gasteiger partial charge in [-0.25, -0.2) is 0 Å². The quantitative estimate of drug-likeness (QED) is 0.463. The van der Waals surface area contributed by atoms with Crippen molar-refractivity contribution >= 4 is 17.7 Å². The third kappa shape index (κ3) is 6.21. The minimum Gasteiger partial charge on any atom is -0.360 e. The molecule has 5 nitrogen and oxygen atoms in total. The highest BCUT2D eigenvalue weighted by Crippen LogP contribution is 2.26. The van der Waals surface area contributed by atoms with E-state index in [9.17, 15) is 4.79 Å². The summed E-state index contributed by atoms with van der Waals surface area (Å²) in [6, 6.07) is 18.0. The largest absolute Gasteiger partial charge is 0.360 e. The van der Waals surface area contributed by atoms with Crippen molar-refractivity contribution in [2.24, 2.45) is 0 Å². The van der Waals surface area contributed by atoms with Crippen LogP contribution < -0.4 is 5.32 Å². The summed E-state index contributed by atoms with van der Waals surface area (Å²) in [5.74, 6) is 1.37. The van der Waals surface area contributed by atoms with E-state index >= 15 is 0 Å². The minimum atomic E-state index is -0.0703. The molecule has 0 spiro atoms. The molecule has 0 unspecified atom stereocenters. The van der Waals surface area contributed by atoms with Gasteiger partial charge in [-0.15, -0.1) is 11.8 Å². The lowest BCUT2D eigenvalue weighted by Gasteiger charge is -2.18. The zero-order valence-corrected chi connectivity index (χ0v) is 18.7. The normalized spacial score (nSPS) is 11.1. The third-order valence-corrected chi connectivity index (χ3v) is 6.05. The Labute approximate surface area is 182 Å². The topological polar surface area (TPSA) is 58.4 Å². The second kappa shape index (κ2) is 11.0. The first-order valence-electron chi connectivity index (χ1n) is 10.3. The van der Waals surface area contributed by atoms with Gasteiger partial charge in [0.2, 0.25) is 0 Å². The van der Waals surface area contributed by atoms with Gasteiger partial charge in [-0.3, -0.25) is 9.69 Å². The molecular weight excluding hydrogens is 394 g/mol. The molecule has 0 aliphatic carbocycles. The molecule has 0 bridgehead atoms. The number of thioether (sulfide) groups is 1. The standard InChI is InChI=1S/C24H29N3O2S/c1-4-27(5-2)16-20-12-10-19(11-13-20)15-25-24(28)22-8-6-7-9-23(22)30-17-21-14-18(3)26-29-21/h6-14H,4-5,15-17H2,1-3H3,(H,25,28). The van der Waals surface area contributed by atoms with Crippen molar-refractivity contribution in [3.05, 3.63) is 82.7 Å². The molecule has 0 fully saturated rings. The number of aromatic nitrogens is 1. The van der Waals surface area contributed by atoms with Crippen LogP contribution >= 0.6 is 11.8 Å². The predicted molar refractivity (Wildman–Crippen MR) is 121 cm³/mol. The lowest BCUT2D eigenvalue weighted by Crippen LogP contribution is -2.23. The van der Waals surface area contributed by atoms with Gasteiger partial charge in [0.25, 0.3) is 5.91 Å². The van der Waals surface area contributed by atoms with Crippen LogP contribution in [0.2, 0.25) is 0 Å². The minimum absolute atomic E-state index is 0.0703. The summed E-state index contributed by atoms with van der Waals surface area (Å²) in [6.07, 6.45) is 0. The highest BCUT2D eigenvalue weighted by Gasteiger charge is 2.12. The van der Waals surface area contributed by atoms with Gasteiger partial charge in [0.05, 0.1) is 17.0 Å². The molecule has 30 heavy (non-hydrogen) atoms. The van der Waals surface area contributed by atoms with E-state index in [1.165, 1.54) is 5.56 Å². The fourth-order valence-electron chi connectivity index (χ4n) is 3.16. The number of nitrogens with zero attached hydrogens (tertiary/aromatic N) is 2. The van der Waals surface area contributed by atoms with Crippen molar-refractivity contribution in [1.29, 1.82) is 0 Å². The van der Waals surface area contributed by atoms with Crippen LogP contribution in [-0.4, -0.2) is 29.1 Å². The number of amides is 1. The zero-order valence-electron chi connectivity index (χ0n) is 17.9. The van der Waals surface area contributed by atoms with Gasteiger partial charge in [-0.1, -0.05) is 55.4 Å². The van der Waals surface area contributed by atoms with E-state index in [2.05, 4.69) is 53.5 Å². The summed E-state index contributed by atoms with van der Waals surface area (Å²) >= 11 is 1.58. The summed E-state index contributed by atoms with van der Waals surface area (Å²) in [6.45, 7) is 9.80. The Morgan fingerprint density at radius 1 is 1.07 bits per heavy atom. The maximum absolute atomic E-state index is 12.8. The Bertz CT molecular complexity index is 949. The smallest absolute Gasteiger partial charge is 0.252 e. The first kappa shape index (κ1) is 22.1. The maximum atomic E-state index is 12.8. The van der Waals surface area contributed by atoms with Gasteiger partial charge >= 0.3 is 0 Å². The Kier molecular flexibility index (Phi) is 8.11. The maximum Gasteiger partial charge on any atom is 0.252 e. The molecule has 3 aromatic rings. The summed E-state index contributed by atoms with van der Waals surface area (Å²) in [5, 5.41) is 6.95. The van der Waals surface area contributed by atoms with Crippen LogP contribution in [0.5, 0.6) is 0 Å². The average molecular weight is 424 g/mol. The molecule has 1 amide bonds. The molecule has 0 aliphatic rings. The van der Waals surface area contributed by atoms with Crippen molar-refractivity contribution in [3.63, 3.8) is 0 Å². The van der Waals surface area contributed by atoms with E-state index < -0.39 is 0 Å². The number of carbonyl (C=O) groups is 1. The number of carbonyl (C=O) groups excluding carboxylic acids is 1. The van der Waals surface area contributed by atoms with Gasteiger partial charge in [0, 0.05) is 24.1 Å². The van der Waals surface area contributed by atoms with Gasteiger partial charge in [-0.05, 0) is 43.3 Å². The molecule has 1 aromatic heterocycles. The van der Waals surface area contributed by atoms with Crippen LogP contribution in [0.3, 0.4) is 0 Å². The number of nitrogens with one attached hydrogen (secondary N) is 1. The third-order valence-electron chi connectivity index (χ3n) is 4.96. The van der Waals surface area contributed by atoms with E-state index in [1.807, 2.05) is 37.3 Å². The molecule has 0 saturated heterocycles. The first-order valence-corrected chi connectivity index (χ1v) is 11.3. The van der Waals surface area contributed by atoms with Crippen LogP contribution in [0.25, 0.3) is 0 Å². The van der Waals surface area contributed by atoms with Crippen LogP contribution in [-0.2, 0) is 18.8 Å². The molecule has 0 saturated carbocycles. The van der Waals surface area contributed by atoms with Gasteiger partial charge in [0.1, 0.15) is 5.76 Å². The Balaban J connectivity index is 1.57. The number of hydrogen-bond donors (Lipinski definition) is 1. The van der Waals surface area contributed by atoms with Crippen LogP contribution in [0.1, 0.15) is 46.8 Å². The monoisotopic (exact) mass is 423 g/mol. The molecule has 2 aromatic carbocycles. The summed E-state index contributed by atoms with van der Waals surface area (Å²) in [4.78, 5) is 16.1. The summed E-state index contributed by atoms with van der Waals surface area (Å²) < 4.78 is 5.27. The van der Waals surface area contributed by atoms with E-state index in [0.29, 0.717) is 17.9 Å². The number of aryl methyl sites for hydroxylation is 1. The van der Waals surface area contributed by atoms with E-state index in [0.717, 1.165) is 41.5 Å². The molecule has 0 atom stereocenters. The Hall–Kier alpha value is -2.57. The van der Waals surface area contributed by atoms with Crippen molar-refractivity contribution in [2.75, 3.05) is 13.1 Å². The molecule has 6 heteroatoms. The van der Waals surface area contributed by atoms with E-state index in [4.69, 9.17) is 4.52 Å². The number of benzene rings is 2. The Morgan fingerprint density at radius 3 is 2.43 bits per heavy atom. The van der Waals surface area contributed by atoms with Crippen LogP contribution in [0, 0.1) is 6.92 Å². The Morgan fingerprint density at radius 2 is 1.77 bits per heavy atom. The lowest BCUT2D eigenvalue weighted by molar-refractivity contribution is 0.0948. The molecular formula is C24H29N3O2S. The number of hydrogen-bond acceptors (Lipinski definition) is 5. The second-order valence-electron chi connectivity index (χ2n) is 7.18. The predicted octanol–water partition coefficient (Wildman–Crippen LogP) is 5.05. The molecule has 0 radical (unpaired) electrons. The highest BCUT2D eigenvalue weighted by molar-refractivity contribution is 7.98. The fourth-order valence-corrected chi connectivity index (χ4v) is 4.08. The van der Waals surface area contributed by atoms with Crippen molar-refractivity contribution in [3.8, 4) is 0 Å². The molecule has 0 aliphatic heterocycles. The summed E-state index contributed by atoms with van der Waals surface area (Å²) in [7, 11) is 0. The van der Waals surface area contributed by atoms with Gasteiger partial charge < -0.3 is 9.84 Å². The van der Waals surface area contributed by atoms with Crippen molar-refractivity contribution < 1.29 is 9.32 Å². The fraction of sp³-hybridized carbons (Fsp3) is 0.333. The molecule has 1 heterocycles. The van der Waals surface area contributed by atoms with Crippen LogP contribution in [0.15, 0.2) is 64.0 Å². The zero-order chi connectivity index (χ0) is 21.3. The lowest BCUT2D eigenvalue weighted by atomic mass is 10.1. The summed E-state index contributed by atoms with van der Waals surface area (Å²) in [5.41, 5.74) is 3.92. The van der Waals surface area contributed by atoms with Crippen molar-refractivity contribution in [2.45, 2.75) is 44.5 Å². The molecule has 3 rings (SSSR count). The van der Waals surface area contributed by atoms with Crippen molar-refractivity contribution in [1.82, 2.24) is 15.4 Å². The average Bonchev–Trinajstić information content (AvgIpc) is 3.20. The van der Waals surface area contributed by atoms with Gasteiger partial charge in [0.15, 0.2) is 0 Å². The number of rotatable bonds is 10. The van der Waals surface area contributed by atoms with E-state index in [1.54, 1.807) is 11.8 Å². The SMILES string of the molecule is CCN(CC)Cc1ccc(CNC(=O)c2ccccc2SCc2cc(C)no2)cc1. The van der Waals surface area contributed by atoms with Crippen LogP contribution in [0.4, 0.5) is 0 Å².